The maximum Gasteiger partial charge on any atom is 0.104 e. The van der Waals surface area contributed by atoms with Gasteiger partial charge in [-0.05, 0) is 18.1 Å². The van der Waals surface area contributed by atoms with Crippen LogP contribution in [0.1, 0.15) is 21.5 Å². The van der Waals surface area contributed by atoms with Gasteiger partial charge in [-0.1, -0.05) is 12.1 Å². The van der Waals surface area contributed by atoms with E-state index in [1.165, 1.54) is 0 Å². The van der Waals surface area contributed by atoms with Crippen LogP contribution < -0.4 is 5.11 Å². The highest BCUT2D eigenvalue weighted by Crippen LogP contribution is 2.16. The van der Waals surface area contributed by atoms with E-state index in [1.54, 1.807) is 12.1 Å². The van der Waals surface area contributed by atoms with Crippen LogP contribution in [0.25, 0.3) is 0 Å². The van der Waals surface area contributed by atoms with Crippen molar-refractivity contribution in [1.82, 2.24) is 0 Å². The van der Waals surface area contributed by atoms with Crippen LogP contribution in [0.2, 0.25) is 0 Å². The van der Waals surface area contributed by atoms with Crippen molar-refractivity contribution in [3.05, 3.63) is 34.9 Å². The number of aliphatic hydroxyl groups excluding tert-OH is 1. The van der Waals surface area contributed by atoms with Gasteiger partial charge in [0.2, 0.25) is 0 Å². The molecule has 1 rings (SSSR count). The SMILES string of the molecule is C[N+](C)(C)Cc1cc(CCO)ccc1C(=O)[O-]. The third-order valence-corrected chi connectivity index (χ3v) is 2.43. The van der Waals surface area contributed by atoms with Crippen molar-refractivity contribution in [3.8, 4) is 0 Å². The Hall–Kier alpha value is -1.39. The molecular formula is C13H19NO3. The predicted molar refractivity (Wildman–Crippen MR) is 63.3 cm³/mol. The highest BCUT2D eigenvalue weighted by Gasteiger charge is 2.13. The van der Waals surface area contributed by atoms with Crippen molar-refractivity contribution in [2.75, 3.05) is 27.7 Å². The molecule has 0 radical (unpaired) electrons. The molecule has 0 unspecified atom stereocenters. The molecule has 17 heavy (non-hydrogen) atoms. The molecule has 1 N–H and O–H groups in total. The van der Waals surface area contributed by atoms with Crippen LogP contribution in [0, 0.1) is 0 Å². The normalized spacial score (nSPS) is 11.5. The zero-order valence-corrected chi connectivity index (χ0v) is 10.6. The summed E-state index contributed by atoms with van der Waals surface area (Å²) < 4.78 is 0.642. The van der Waals surface area contributed by atoms with Gasteiger partial charge in [0.1, 0.15) is 6.54 Å². The molecule has 0 aliphatic carbocycles. The Kier molecular flexibility index (Phi) is 4.26. The summed E-state index contributed by atoms with van der Waals surface area (Å²) in [7, 11) is 5.99. The summed E-state index contributed by atoms with van der Waals surface area (Å²) in [5.74, 6) is -1.15. The second-order valence-electron chi connectivity index (χ2n) is 5.20. The Bertz CT molecular complexity index is 408. The number of nitrogens with zero attached hydrogens (tertiary/aromatic N) is 1. The summed E-state index contributed by atoms with van der Waals surface area (Å²) >= 11 is 0. The summed E-state index contributed by atoms with van der Waals surface area (Å²) in [6.45, 7) is 0.678. The summed E-state index contributed by atoms with van der Waals surface area (Å²) in [4.78, 5) is 11.0. The van der Waals surface area contributed by atoms with E-state index in [0.717, 1.165) is 11.1 Å². The van der Waals surface area contributed by atoms with Crippen molar-refractivity contribution in [2.24, 2.45) is 0 Å². The molecule has 0 saturated heterocycles. The van der Waals surface area contributed by atoms with Crippen molar-refractivity contribution in [1.29, 1.82) is 0 Å². The maximum atomic E-state index is 11.0. The number of carbonyl (C=O) groups is 1. The lowest BCUT2D eigenvalue weighted by Gasteiger charge is -2.25. The van der Waals surface area contributed by atoms with E-state index < -0.39 is 5.97 Å². The first-order chi connectivity index (χ1) is 7.83. The average molecular weight is 237 g/mol. The van der Waals surface area contributed by atoms with Gasteiger partial charge in [0.15, 0.2) is 0 Å². The van der Waals surface area contributed by atoms with Gasteiger partial charge in [-0.25, -0.2) is 0 Å². The standard InChI is InChI=1S/C13H19NO3/c1-14(2,3)9-11-8-10(6-7-15)4-5-12(11)13(16)17/h4-5,8,15H,6-7,9H2,1-3H3. The van der Waals surface area contributed by atoms with Crippen molar-refractivity contribution < 1.29 is 19.5 Å². The highest BCUT2D eigenvalue weighted by molar-refractivity contribution is 5.87. The number of carboxylic acids is 1. The van der Waals surface area contributed by atoms with Crippen LogP contribution in [0.3, 0.4) is 0 Å². The molecule has 0 bridgehead atoms. The molecule has 1 aromatic carbocycles. The van der Waals surface area contributed by atoms with Gasteiger partial charge in [0.05, 0.1) is 27.1 Å². The van der Waals surface area contributed by atoms with Crippen LogP contribution in [0.4, 0.5) is 0 Å². The fourth-order valence-electron chi connectivity index (χ4n) is 1.77. The summed E-state index contributed by atoms with van der Waals surface area (Å²) in [6, 6.07) is 5.12. The molecule has 0 fully saturated rings. The number of aromatic carboxylic acids is 1. The molecule has 0 aliphatic rings. The van der Waals surface area contributed by atoms with Gasteiger partial charge in [0.25, 0.3) is 0 Å². The lowest BCUT2D eigenvalue weighted by molar-refractivity contribution is -0.884. The van der Waals surface area contributed by atoms with E-state index >= 15 is 0 Å². The highest BCUT2D eigenvalue weighted by atomic mass is 16.4. The van der Waals surface area contributed by atoms with Gasteiger partial charge in [0, 0.05) is 17.7 Å². The van der Waals surface area contributed by atoms with Crippen LogP contribution in [0.5, 0.6) is 0 Å². The first-order valence-electron chi connectivity index (χ1n) is 5.58. The summed E-state index contributed by atoms with van der Waals surface area (Å²) in [5.41, 5.74) is 1.93. The van der Waals surface area contributed by atoms with E-state index in [0.29, 0.717) is 17.4 Å². The smallest absolute Gasteiger partial charge is 0.104 e. The first kappa shape index (κ1) is 13.7. The maximum absolute atomic E-state index is 11.0. The molecule has 0 spiro atoms. The number of benzene rings is 1. The lowest BCUT2D eigenvalue weighted by atomic mass is 10.0. The summed E-state index contributed by atoms with van der Waals surface area (Å²) in [5, 5.41) is 19.9. The molecule has 0 amide bonds. The summed E-state index contributed by atoms with van der Waals surface area (Å²) in [6.07, 6.45) is 0.539. The van der Waals surface area contributed by atoms with Gasteiger partial charge in [-0.15, -0.1) is 0 Å². The van der Waals surface area contributed by atoms with Crippen LogP contribution in [-0.4, -0.2) is 43.3 Å². The molecule has 0 saturated carbocycles. The molecule has 0 aromatic heterocycles. The average Bonchev–Trinajstić information content (AvgIpc) is 2.15. The Morgan fingerprint density at radius 2 is 2.00 bits per heavy atom. The number of carboxylic acid groups (broad SMARTS) is 1. The zero-order chi connectivity index (χ0) is 13.1. The Labute approximate surface area is 102 Å². The molecule has 1 aromatic rings. The minimum Gasteiger partial charge on any atom is -0.545 e. The third kappa shape index (κ3) is 4.17. The minimum absolute atomic E-state index is 0.0640. The Balaban J connectivity index is 3.11. The minimum atomic E-state index is -1.15. The Morgan fingerprint density at radius 3 is 2.47 bits per heavy atom. The number of hydrogen-bond donors (Lipinski definition) is 1. The van der Waals surface area contributed by atoms with E-state index in [4.69, 9.17) is 5.11 Å². The van der Waals surface area contributed by atoms with Crippen molar-refractivity contribution in [3.63, 3.8) is 0 Å². The number of rotatable bonds is 5. The molecule has 4 heteroatoms. The molecule has 0 aliphatic heterocycles. The van der Waals surface area contributed by atoms with Crippen LogP contribution in [0.15, 0.2) is 18.2 Å². The molecule has 0 atom stereocenters. The van der Waals surface area contributed by atoms with Crippen molar-refractivity contribution in [2.45, 2.75) is 13.0 Å². The van der Waals surface area contributed by atoms with Gasteiger partial charge in [-0.2, -0.15) is 0 Å². The van der Waals surface area contributed by atoms with Gasteiger partial charge in [-0.3, -0.25) is 0 Å². The number of carbonyl (C=O) groups excluding carboxylic acids is 1. The van der Waals surface area contributed by atoms with Crippen LogP contribution in [-0.2, 0) is 13.0 Å². The van der Waals surface area contributed by atoms with Gasteiger partial charge >= 0.3 is 0 Å². The van der Waals surface area contributed by atoms with Crippen molar-refractivity contribution >= 4 is 5.97 Å². The van der Waals surface area contributed by atoms with E-state index in [1.807, 2.05) is 27.2 Å². The number of quaternary nitrogens is 1. The number of aliphatic hydroxyl groups is 1. The second kappa shape index (κ2) is 5.29. The first-order valence-corrected chi connectivity index (χ1v) is 5.58. The van der Waals surface area contributed by atoms with Gasteiger partial charge < -0.3 is 19.5 Å². The third-order valence-electron chi connectivity index (χ3n) is 2.43. The predicted octanol–water partition coefficient (Wildman–Crippen LogP) is -0.209. The molecular weight excluding hydrogens is 218 g/mol. The second-order valence-corrected chi connectivity index (χ2v) is 5.20. The zero-order valence-electron chi connectivity index (χ0n) is 10.6. The monoisotopic (exact) mass is 237 g/mol. The lowest BCUT2D eigenvalue weighted by Crippen LogP contribution is -2.35. The Morgan fingerprint density at radius 1 is 1.35 bits per heavy atom. The molecule has 4 nitrogen and oxygen atoms in total. The molecule has 94 valence electrons. The molecule has 0 heterocycles. The largest absolute Gasteiger partial charge is 0.545 e. The fraction of sp³-hybridized carbons (Fsp3) is 0.462. The van der Waals surface area contributed by atoms with E-state index in [9.17, 15) is 9.90 Å². The fourth-order valence-corrected chi connectivity index (χ4v) is 1.77. The van der Waals surface area contributed by atoms with E-state index in [2.05, 4.69) is 0 Å². The quantitative estimate of drug-likeness (QED) is 0.721. The van der Waals surface area contributed by atoms with E-state index in [-0.39, 0.29) is 12.2 Å². The van der Waals surface area contributed by atoms with Crippen LogP contribution >= 0.6 is 0 Å². The topological polar surface area (TPSA) is 60.4 Å². The number of hydrogen-bond acceptors (Lipinski definition) is 3.